The van der Waals surface area contributed by atoms with E-state index >= 15 is 0 Å². The Hall–Kier alpha value is -0.220. The van der Waals surface area contributed by atoms with Crippen LogP contribution in [0.4, 0.5) is 0 Å². The fourth-order valence-electron chi connectivity index (χ4n) is 0.602. The Labute approximate surface area is 72.9 Å². The molecule has 0 aromatic carbocycles. The molecule has 0 fully saturated rings. The summed E-state index contributed by atoms with van der Waals surface area (Å²) in [6.07, 6.45) is 0.868. The van der Waals surface area contributed by atoms with Crippen molar-refractivity contribution in [2.45, 2.75) is 13.3 Å². The highest BCUT2D eigenvalue weighted by atomic mass is 32.1. The molecule has 0 aromatic heterocycles. The van der Waals surface area contributed by atoms with E-state index in [-0.39, 0.29) is 11.7 Å². The lowest BCUT2D eigenvalue weighted by atomic mass is 10.4. The second-order valence-electron chi connectivity index (χ2n) is 2.06. The average Bonchev–Trinajstić information content (AvgIpc) is 2.04. The van der Waals surface area contributed by atoms with Crippen LogP contribution in [0.1, 0.15) is 13.3 Å². The number of ether oxygens (including phenoxy) is 1. The number of hydrogen-bond acceptors (Lipinski definition) is 3. The molecule has 0 saturated carbocycles. The first-order chi connectivity index (χ1) is 5.31. The lowest BCUT2D eigenvalue weighted by Crippen LogP contribution is -2.26. The first-order valence-electron chi connectivity index (χ1n) is 3.76. The van der Waals surface area contributed by atoms with Gasteiger partial charge in [0, 0.05) is 19.8 Å². The number of hydrogen-bond donors (Lipinski definition) is 2. The molecule has 0 aliphatic rings. The molecule has 0 aliphatic heterocycles. The van der Waals surface area contributed by atoms with Crippen molar-refractivity contribution in [2.75, 3.05) is 25.5 Å². The van der Waals surface area contributed by atoms with Gasteiger partial charge in [0.1, 0.15) is 0 Å². The maximum atomic E-state index is 10.6. The molecular weight excluding hydrogens is 162 g/mol. The van der Waals surface area contributed by atoms with Crippen LogP contribution in [0.2, 0.25) is 0 Å². The molecule has 11 heavy (non-hydrogen) atoms. The van der Waals surface area contributed by atoms with Crippen LogP contribution in [0.5, 0.6) is 0 Å². The summed E-state index contributed by atoms with van der Waals surface area (Å²) < 4.78 is 5.08. The molecule has 0 aromatic rings. The van der Waals surface area contributed by atoms with Crippen LogP contribution in [0, 0.1) is 0 Å². The summed E-state index contributed by atoms with van der Waals surface area (Å²) in [7, 11) is 0. The summed E-state index contributed by atoms with van der Waals surface area (Å²) >= 11 is 3.82. The monoisotopic (exact) mass is 177 g/mol. The summed E-state index contributed by atoms with van der Waals surface area (Å²) in [6.45, 7) is 4.08. The van der Waals surface area contributed by atoms with Crippen molar-refractivity contribution in [3.63, 3.8) is 0 Å². The standard InChI is InChI=1S/C7H15NO2S/c1-2-10-5-3-4-8-7(9)6-11/h11H,2-6H2,1H3,(H,8,9). The Bertz CT molecular complexity index is 109. The van der Waals surface area contributed by atoms with Crippen LogP contribution < -0.4 is 5.32 Å². The van der Waals surface area contributed by atoms with Gasteiger partial charge in [-0.3, -0.25) is 4.79 Å². The molecule has 0 unspecified atom stereocenters. The number of nitrogens with one attached hydrogen (secondary N) is 1. The van der Waals surface area contributed by atoms with E-state index in [1.54, 1.807) is 0 Å². The normalized spacial score (nSPS) is 9.64. The zero-order valence-corrected chi connectivity index (χ0v) is 7.69. The van der Waals surface area contributed by atoms with E-state index in [2.05, 4.69) is 17.9 Å². The highest BCUT2D eigenvalue weighted by Crippen LogP contribution is 1.80. The van der Waals surface area contributed by atoms with Crippen molar-refractivity contribution in [1.29, 1.82) is 0 Å². The first-order valence-corrected chi connectivity index (χ1v) is 4.39. The largest absolute Gasteiger partial charge is 0.382 e. The van der Waals surface area contributed by atoms with Gasteiger partial charge < -0.3 is 10.1 Å². The predicted octanol–water partition coefficient (Wildman–Crippen LogP) is 0.459. The van der Waals surface area contributed by atoms with E-state index in [0.717, 1.165) is 13.0 Å². The van der Waals surface area contributed by atoms with Crippen molar-refractivity contribution < 1.29 is 9.53 Å². The molecule has 66 valence electrons. The van der Waals surface area contributed by atoms with Gasteiger partial charge in [-0.1, -0.05) is 0 Å². The molecule has 0 heterocycles. The van der Waals surface area contributed by atoms with Gasteiger partial charge in [-0.25, -0.2) is 0 Å². The van der Waals surface area contributed by atoms with Crippen molar-refractivity contribution >= 4 is 18.5 Å². The first kappa shape index (κ1) is 10.8. The lowest BCUT2D eigenvalue weighted by Gasteiger charge is -2.02. The Morgan fingerprint density at radius 2 is 2.36 bits per heavy atom. The molecule has 0 saturated heterocycles. The zero-order chi connectivity index (χ0) is 8.53. The molecule has 0 atom stereocenters. The van der Waals surface area contributed by atoms with Crippen molar-refractivity contribution in [1.82, 2.24) is 5.32 Å². The second kappa shape index (κ2) is 7.88. The van der Waals surface area contributed by atoms with E-state index in [0.29, 0.717) is 13.2 Å². The molecule has 1 N–H and O–H groups in total. The van der Waals surface area contributed by atoms with Gasteiger partial charge in [-0.15, -0.1) is 0 Å². The molecule has 0 spiro atoms. The minimum absolute atomic E-state index is 0.0233. The van der Waals surface area contributed by atoms with E-state index in [1.165, 1.54) is 0 Å². The number of rotatable bonds is 6. The summed E-state index contributed by atoms with van der Waals surface area (Å²) in [5, 5.41) is 2.70. The van der Waals surface area contributed by atoms with Crippen molar-refractivity contribution in [3.8, 4) is 0 Å². The van der Waals surface area contributed by atoms with Crippen LogP contribution in [-0.4, -0.2) is 31.4 Å². The van der Waals surface area contributed by atoms with Crippen LogP contribution in [0.25, 0.3) is 0 Å². The highest BCUT2D eigenvalue weighted by Gasteiger charge is 1.94. The van der Waals surface area contributed by atoms with E-state index in [1.807, 2.05) is 6.92 Å². The summed E-state index contributed by atoms with van der Waals surface area (Å²) in [6, 6.07) is 0. The van der Waals surface area contributed by atoms with Crippen LogP contribution in [-0.2, 0) is 9.53 Å². The summed E-state index contributed by atoms with van der Waals surface area (Å²) in [4.78, 5) is 10.6. The van der Waals surface area contributed by atoms with Gasteiger partial charge in [0.15, 0.2) is 0 Å². The molecule has 0 aliphatic carbocycles. The second-order valence-corrected chi connectivity index (χ2v) is 2.37. The third kappa shape index (κ3) is 7.68. The number of carbonyl (C=O) groups excluding carboxylic acids is 1. The number of thiol groups is 1. The van der Waals surface area contributed by atoms with Gasteiger partial charge in [0.05, 0.1) is 5.75 Å². The third-order valence-electron chi connectivity index (χ3n) is 1.14. The van der Waals surface area contributed by atoms with E-state index in [4.69, 9.17) is 4.74 Å². The van der Waals surface area contributed by atoms with Crippen molar-refractivity contribution in [3.05, 3.63) is 0 Å². The molecule has 0 bridgehead atoms. The predicted molar refractivity (Wildman–Crippen MR) is 48.0 cm³/mol. The minimum atomic E-state index is -0.0233. The van der Waals surface area contributed by atoms with Crippen LogP contribution in [0.3, 0.4) is 0 Å². The summed E-state index contributed by atoms with van der Waals surface area (Å²) in [5.41, 5.74) is 0. The highest BCUT2D eigenvalue weighted by molar-refractivity contribution is 7.81. The van der Waals surface area contributed by atoms with Gasteiger partial charge in [0.25, 0.3) is 0 Å². The maximum absolute atomic E-state index is 10.6. The molecule has 4 heteroatoms. The van der Waals surface area contributed by atoms with E-state index < -0.39 is 0 Å². The van der Waals surface area contributed by atoms with Gasteiger partial charge >= 0.3 is 0 Å². The van der Waals surface area contributed by atoms with Gasteiger partial charge in [-0.05, 0) is 13.3 Å². The number of carbonyl (C=O) groups is 1. The molecule has 3 nitrogen and oxygen atoms in total. The maximum Gasteiger partial charge on any atom is 0.229 e. The van der Waals surface area contributed by atoms with Crippen LogP contribution >= 0.6 is 12.6 Å². The fourth-order valence-corrected chi connectivity index (χ4v) is 0.714. The van der Waals surface area contributed by atoms with Crippen molar-refractivity contribution in [2.24, 2.45) is 0 Å². The van der Waals surface area contributed by atoms with Gasteiger partial charge in [-0.2, -0.15) is 12.6 Å². The van der Waals surface area contributed by atoms with Crippen LogP contribution in [0.15, 0.2) is 0 Å². The SMILES string of the molecule is CCOCCCNC(=O)CS. The molecule has 1 amide bonds. The Balaban J connectivity index is 2.95. The Morgan fingerprint density at radius 1 is 1.64 bits per heavy atom. The Morgan fingerprint density at radius 3 is 2.91 bits per heavy atom. The molecule has 0 radical (unpaired) electrons. The Kier molecular flexibility index (Phi) is 7.72. The smallest absolute Gasteiger partial charge is 0.229 e. The lowest BCUT2D eigenvalue weighted by molar-refractivity contribution is -0.118. The third-order valence-corrected chi connectivity index (χ3v) is 1.42. The molecule has 0 rings (SSSR count). The average molecular weight is 177 g/mol. The fraction of sp³-hybridized carbons (Fsp3) is 0.857. The van der Waals surface area contributed by atoms with Gasteiger partial charge in [0.2, 0.25) is 5.91 Å². The quantitative estimate of drug-likeness (QED) is 0.457. The summed E-state index contributed by atoms with van der Waals surface area (Å²) in [5.74, 6) is 0.235. The van der Waals surface area contributed by atoms with E-state index in [9.17, 15) is 4.79 Å². The topological polar surface area (TPSA) is 38.3 Å². The number of amides is 1. The molecular formula is C7H15NO2S. The minimum Gasteiger partial charge on any atom is -0.382 e. The zero-order valence-electron chi connectivity index (χ0n) is 6.80.